The lowest BCUT2D eigenvalue weighted by Gasteiger charge is -2.10. The molecule has 0 fully saturated rings. The predicted octanol–water partition coefficient (Wildman–Crippen LogP) is 4.92. The fraction of sp³-hybridized carbons (Fsp3) is 0. The molecule has 0 aliphatic rings. The smallest absolute Gasteiger partial charge is 0.261 e. The molecule has 0 spiro atoms. The molecule has 3 aromatic rings. The molecule has 0 bridgehead atoms. The molecule has 1 amide bonds. The fourth-order valence-electron chi connectivity index (χ4n) is 2.35. The van der Waals surface area contributed by atoms with Gasteiger partial charge in [0, 0.05) is 27.9 Å². The lowest BCUT2D eigenvalue weighted by atomic mass is 10.2. The molecule has 0 saturated heterocycles. The third kappa shape index (κ3) is 4.96. The highest BCUT2D eigenvalue weighted by Gasteiger charge is 2.18. The molecule has 3 aromatic carbocycles. The summed E-state index contributed by atoms with van der Waals surface area (Å²) in [7, 11) is -4.00. The Morgan fingerprint density at radius 1 is 0.862 bits per heavy atom. The summed E-state index contributed by atoms with van der Waals surface area (Å²) in [6.07, 6.45) is 0. The van der Waals surface area contributed by atoms with Crippen LogP contribution in [-0.4, -0.2) is 14.3 Å². The summed E-state index contributed by atoms with van der Waals surface area (Å²) < 4.78 is 68.2. The molecule has 0 aliphatic heterocycles. The highest BCUT2D eigenvalue weighted by atomic mass is 79.9. The van der Waals surface area contributed by atoms with E-state index in [1.165, 1.54) is 18.2 Å². The molecule has 3 rings (SSSR count). The Morgan fingerprint density at radius 3 is 2.21 bits per heavy atom. The van der Waals surface area contributed by atoms with E-state index in [9.17, 15) is 26.4 Å². The van der Waals surface area contributed by atoms with Crippen LogP contribution < -0.4 is 10.0 Å². The maximum absolute atomic E-state index is 13.7. The molecule has 0 radical (unpaired) electrons. The summed E-state index contributed by atoms with van der Waals surface area (Å²) in [5, 5.41) is 2.09. The zero-order valence-corrected chi connectivity index (χ0v) is 16.8. The largest absolute Gasteiger partial charge is 0.319 e. The summed E-state index contributed by atoms with van der Waals surface area (Å²) in [4.78, 5) is 12.1. The highest BCUT2D eigenvalue weighted by molar-refractivity contribution is 9.10. The van der Waals surface area contributed by atoms with Gasteiger partial charge in [-0.15, -0.1) is 0 Å². The second-order valence-electron chi connectivity index (χ2n) is 5.84. The number of benzene rings is 3. The summed E-state index contributed by atoms with van der Waals surface area (Å²) in [5.41, 5.74) is -0.380. The quantitative estimate of drug-likeness (QED) is 0.504. The molecule has 0 aromatic heterocycles. The molecular weight excluding hydrogens is 473 g/mol. The highest BCUT2D eigenvalue weighted by Crippen LogP contribution is 2.22. The van der Waals surface area contributed by atoms with Crippen molar-refractivity contribution in [2.45, 2.75) is 4.90 Å². The number of rotatable bonds is 5. The second kappa shape index (κ2) is 8.26. The molecular formula is C19H12BrF3N2O3S. The summed E-state index contributed by atoms with van der Waals surface area (Å²) in [6, 6.07) is 12.2. The number of halogens is 4. The van der Waals surface area contributed by atoms with E-state index in [4.69, 9.17) is 0 Å². The van der Waals surface area contributed by atoms with Crippen molar-refractivity contribution in [1.82, 2.24) is 0 Å². The zero-order valence-electron chi connectivity index (χ0n) is 14.4. The average Bonchev–Trinajstić information content (AvgIpc) is 2.68. The van der Waals surface area contributed by atoms with Gasteiger partial charge in [0.25, 0.3) is 15.9 Å². The molecule has 2 N–H and O–H groups in total. The van der Waals surface area contributed by atoms with Crippen molar-refractivity contribution in [3.8, 4) is 0 Å². The van der Waals surface area contributed by atoms with Gasteiger partial charge in [-0.1, -0.05) is 22.0 Å². The van der Waals surface area contributed by atoms with E-state index in [2.05, 4.69) is 26.0 Å². The molecule has 0 saturated carbocycles. The van der Waals surface area contributed by atoms with Crippen LogP contribution in [0.25, 0.3) is 0 Å². The van der Waals surface area contributed by atoms with Crippen LogP contribution in [0.1, 0.15) is 10.4 Å². The zero-order chi connectivity index (χ0) is 21.2. The third-order valence-corrected chi connectivity index (χ3v) is 5.67. The Kier molecular flexibility index (Phi) is 5.94. The van der Waals surface area contributed by atoms with Gasteiger partial charge in [0.1, 0.15) is 5.82 Å². The van der Waals surface area contributed by atoms with Crippen LogP contribution in [0.2, 0.25) is 0 Å². The van der Waals surface area contributed by atoms with Gasteiger partial charge in [0.05, 0.1) is 10.6 Å². The van der Waals surface area contributed by atoms with Crippen molar-refractivity contribution in [2.75, 3.05) is 10.0 Å². The van der Waals surface area contributed by atoms with E-state index < -0.39 is 39.1 Å². The molecule has 0 unspecified atom stereocenters. The number of hydrogen-bond acceptors (Lipinski definition) is 3. The molecule has 29 heavy (non-hydrogen) atoms. The Bertz CT molecular complexity index is 1190. The lowest BCUT2D eigenvalue weighted by Crippen LogP contribution is -2.16. The van der Waals surface area contributed by atoms with Gasteiger partial charge in [0.2, 0.25) is 0 Å². The molecule has 0 heterocycles. The molecule has 0 atom stereocenters. The van der Waals surface area contributed by atoms with Crippen molar-refractivity contribution in [2.24, 2.45) is 0 Å². The van der Waals surface area contributed by atoms with Crippen LogP contribution in [0.15, 0.2) is 70.0 Å². The lowest BCUT2D eigenvalue weighted by molar-refractivity contribution is 0.102. The molecule has 10 heteroatoms. The number of carbonyl (C=O) groups excluding carboxylic acids is 1. The second-order valence-corrected chi connectivity index (χ2v) is 8.44. The van der Waals surface area contributed by atoms with Crippen molar-refractivity contribution < 1.29 is 26.4 Å². The number of sulfonamides is 1. The van der Waals surface area contributed by atoms with E-state index in [1.54, 1.807) is 24.3 Å². The number of anilines is 2. The Labute approximate surface area is 172 Å². The Morgan fingerprint density at radius 2 is 1.52 bits per heavy atom. The van der Waals surface area contributed by atoms with Gasteiger partial charge in [-0.05, 0) is 42.5 Å². The van der Waals surface area contributed by atoms with E-state index in [0.717, 1.165) is 10.5 Å². The van der Waals surface area contributed by atoms with Gasteiger partial charge < -0.3 is 5.32 Å². The van der Waals surface area contributed by atoms with E-state index in [-0.39, 0.29) is 10.5 Å². The minimum absolute atomic E-state index is 0.118. The van der Waals surface area contributed by atoms with Crippen LogP contribution in [0, 0.1) is 17.5 Å². The van der Waals surface area contributed by atoms with Crippen LogP contribution in [-0.2, 0) is 10.0 Å². The van der Waals surface area contributed by atoms with Crippen molar-refractivity contribution in [1.29, 1.82) is 0 Å². The summed E-state index contributed by atoms with van der Waals surface area (Å²) >= 11 is 3.24. The van der Waals surface area contributed by atoms with Crippen LogP contribution >= 0.6 is 15.9 Å². The van der Waals surface area contributed by atoms with E-state index in [1.807, 2.05) is 0 Å². The van der Waals surface area contributed by atoms with Gasteiger partial charge in [-0.3, -0.25) is 9.52 Å². The minimum atomic E-state index is -4.00. The molecule has 0 aliphatic carbocycles. The SMILES string of the molecule is O=C(Nc1cc(F)c(F)cc1F)c1cccc(S(=O)(=O)Nc2ccc(Br)cc2)c1. The topological polar surface area (TPSA) is 75.3 Å². The number of nitrogens with one attached hydrogen (secondary N) is 2. The van der Waals surface area contributed by atoms with Crippen LogP contribution in [0.5, 0.6) is 0 Å². The summed E-state index contributed by atoms with van der Waals surface area (Å²) in [6.45, 7) is 0. The van der Waals surface area contributed by atoms with Gasteiger partial charge >= 0.3 is 0 Å². The van der Waals surface area contributed by atoms with Crippen LogP contribution in [0.3, 0.4) is 0 Å². The van der Waals surface area contributed by atoms with Crippen molar-refractivity contribution in [3.63, 3.8) is 0 Å². The fourth-order valence-corrected chi connectivity index (χ4v) is 3.72. The predicted molar refractivity (Wildman–Crippen MR) is 106 cm³/mol. The van der Waals surface area contributed by atoms with Crippen molar-refractivity contribution >= 4 is 43.2 Å². The van der Waals surface area contributed by atoms with Gasteiger partial charge in [-0.2, -0.15) is 0 Å². The van der Waals surface area contributed by atoms with E-state index in [0.29, 0.717) is 17.8 Å². The van der Waals surface area contributed by atoms with E-state index >= 15 is 0 Å². The minimum Gasteiger partial charge on any atom is -0.319 e. The first kappa shape index (κ1) is 20.9. The van der Waals surface area contributed by atoms with Gasteiger partial charge in [0.15, 0.2) is 11.6 Å². The third-order valence-electron chi connectivity index (χ3n) is 3.76. The Hall–Kier alpha value is -2.85. The number of hydrogen-bond donors (Lipinski definition) is 2. The first-order valence-corrected chi connectivity index (χ1v) is 10.3. The maximum atomic E-state index is 13.7. The average molecular weight is 485 g/mol. The maximum Gasteiger partial charge on any atom is 0.261 e. The first-order valence-electron chi connectivity index (χ1n) is 8.00. The van der Waals surface area contributed by atoms with Gasteiger partial charge in [-0.25, -0.2) is 21.6 Å². The molecule has 150 valence electrons. The monoisotopic (exact) mass is 484 g/mol. The first-order chi connectivity index (χ1) is 13.7. The standard InChI is InChI=1S/C19H12BrF3N2O3S/c20-12-4-6-13(7-5-12)25-29(27,28)14-3-1-2-11(8-14)19(26)24-18-10-16(22)15(21)9-17(18)23/h1-10,25H,(H,24,26). The number of carbonyl (C=O) groups is 1. The van der Waals surface area contributed by atoms with Crippen molar-refractivity contribution in [3.05, 3.63) is 88.2 Å². The van der Waals surface area contributed by atoms with Crippen LogP contribution in [0.4, 0.5) is 24.5 Å². The summed E-state index contributed by atoms with van der Waals surface area (Å²) in [5.74, 6) is -4.79. The molecule has 5 nitrogen and oxygen atoms in total. The Balaban J connectivity index is 1.84. The normalized spacial score (nSPS) is 11.2. The number of amides is 1.